The van der Waals surface area contributed by atoms with Crippen LogP contribution < -0.4 is 9.80 Å². The molecular weight excluding hydrogens is 384 g/mol. The highest BCUT2D eigenvalue weighted by Crippen LogP contribution is 2.29. The van der Waals surface area contributed by atoms with Gasteiger partial charge < -0.3 is 14.5 Å². The van der Waals surface area contributed by atoms with E-state index in [4.69, 9.17) is 19.7 Å². The van der Waals surface area contributed by atoms with E-state index < -0.39 is 0 Å². The van der Waals surface area contributed by atoms with Gasteiger partial charge in [0, 0.05) is 63.5 Å². The largest absolute Gasteiger partial charge is 0.381 e. The first kappa shape index (κ1) is 20.3. The van der Waals surface area contributed by atoms with E-state index in [1.807, 2.05) is 18.5 Å². The summed E-state index contributed by atoms with van der Waals surface area (Å²) >= 11 is 1.62. The highest BCUT2D eigenvalue weighted by atomic mass is 32.2. The number of nitrogens with zero attached hydrogens (tertiary/aromatic N) is 6. The van der Waals surface area contributed by atoms with E-state index in [-0.39, 0.29) is 0 Å². The maximum atomic E-state index is 5.53. The Morgan fingerprint density at radius 3 is 2.34 bits per heavy atom. The van der Waals surface area contributed by atoms with Gasteiger partial charge in [0.2, 0.25) is 0 Å². The zero-order valence-corrected chi connectivity index (χ0v) is 18.4. The van der Waals surface area contributed by atoms with Crippen LogP contribution >= 0.6 is 11.8 Å². The zero-order chi connectivity index (χ0) is 20.2. The number of piperazine rings is 1. The molecule has 2 fully saturated rings. The quantitative estimate of drug-likeness (QED) is 0.545. The standard InChI is InChI=1S/C21H30N6OS/c1-15(2)20-22-7-4-18(24-20)26-8-10-27(11-9-26)19-14-17(23-21(25-19)29-3)16-5-12-28-13-6-16/h4,7,14-16H,5-6,8-13H2,1-3H3. The molecule has 4 rings (SSSR count). The van der Waals surface area contributed by atoms with Crippen LogP contribution in [0.25, 0.3) is 0 Å². The smallest absolute Gasteiger partial charge is 0.189 e. The summed E-state index contributed by atoms with van der Waals surface area (Å²) in [6.45, 7) is 9.64. The molecule has 0 aliphatic carbocycles. The lowest BCUT2D eigenvalue weighted by atomic mass is 9.96. The van der Waals surface area contributed by atoms with Gasteiger partial charge in [-0.3, -0.25) is 0 Å². The first-order valence-electron chi connectivity index (χ1n) is 10.5. The zero-order valence-electron chi connectivity index (χ0n) is 17.5. The minimum atomic E-state index is 0.339. The molecular formula is C21H30N6OS. The second kappa shape index (κ2) is 9.26. The van der Waals surface area contributed by atoms with Crippen molar-refractivity contribution in [3.05, 3.63) is 29.8 Å². The summed E-state index contributed by atoms with van der Waals surface area (Å²) < 4.78 is 5.53. The first-order valence-corrected chi connectivity index (χ1v) is 11.7. The average Bonchev–Trinajstić information content (AvgIpc) is 2.79. The Kier molecular flexibility index (Phi) is 6.50. The molecule has 0 bridgehead atoms. The fourth-order valence-corrected chi connectivity index (χ4v) is 4.25. The number of ether oxygens (including phenoxy) is 1. The van der Waals surface area contributed by atoms with Crippen LogP contribution in [0.15, 0.2) is 23.5 Å². The van der Waals surface area contributed by atoms with Gasteiger partial charge in [0.25, 0.3) is 0 Å². The summed E-state index contributed by atoms with van der Waals surface area (Å²) in [5.41, 5.74) is 1.17. The topological polar surface area (TPSA) is 67.3 Å². The van der Waals surface area contributed by atoms with Crippen molar-refractivity contribution in [2.75, 3.05) is 55.4 Å². The van der Waals surface area contributed by atoms with Crippen LogP contribution in [0.5, 0.6) is 0 Å². The molecule has 0 amide bonds. The van der Waals surface area contributed by atoms with Gasteiger partial charge >= 0.3 is 0 Å². The van der Waals surface area contributed by atoms with Gasteiger partial charge in [-0.2, -0.15) is 0 Å². The van der Waals surface area contributed by atoms with Crippen LogP contribution in [0.3, 0.4) is 0 Å². The van der Waals surface area contributed by atoms with E-state index in [0.717, 1.165) is 74.9 Å². The van der Waals surface area contributed by atoms with E-state index in [1.165, 1.54) is 5.69 Å². The minimum absolute atomic E-state index is 0.339. The maximum absolute atomic E-state index is 5.53. The second-order valence-corrected chi connectivity index (χ2v) is 8.70. The van der Waals surface area contributed by atoms with Gasteiger partial charge in [0.1, 0.15) is 17.5 Å². The predicted molar refractivity (Wildman–Crippen MR) is 117 cm³/mol. The summed E-state index contributed by atoms with van der Waals surface area (Å²) in [4.78, 5) is 23.5. The summed E-state index contributed by atoms with van der Waals surface area (Å²) in [7, 11) is 0. The van der Waals surface area contributed by atoms with E-state index in [2.05, 4.69) is 34.7 Å². The number of rotatable bonds is 5. The third kappa shape index (κ3) is 4.80. The van der Waals surface area contributed by atoms with Gasteiger partial charge in [-0.15, -0.1) is 0 Å². The Balaban J connectivity index is 1.47. The average molecular weight is 415 g/mol. The van der Waals surface area contributed by atoms with Crippen LogP contribution in [-0.4, -0.2) is 65.6 Å². The summed E-state index contributed by atoms with van der Waals surface area (Å²) in [6, 6.07) is 4.22. The second-order valence-electron chi connectivity index (χ2n) is 7.93. The van der Waals surface area contributed by atoms with Crippen molar-refractivity contribution in [2.24, 2.45) is 0 Å². The molecule has 0 N–H and O–H groups in total. The molecule has 29 heavy (non-hydrogen) atoms. The molecule has 7 nitrogen and oxygen atoms in total. The number of hydrogen-bond donors (Lipinski definition) is 0. The van der Waals surface area contributed by atoms with Crippen molar-refractivity contribution in [2.45, 2.75) is 43.7 Å². The van der Waals surface area contributed by atoms with Crippen LogP contribution in [0.1, 0.15) is 50.0 Å². The van der Waals surface area contributed by atoms with Gasteiger partial charge in [-0.25, -0.2) is 19.9 Å². The summed E-state index contributed by atoms with van der Waals surface area (Å²) in [5.74, 6) is 3.81. The molecule has 2 aromatic rings. The normalized spacial score (nSPS) is 18.5. The first-order chi connectivity index (χ1) is 14.1. The van der Waals surface area contributed by atoms with E-state index in [1.54, 1.807) is 11.8 Å². The maximum Gasteiger partial charge on any atom is 0.189 e. The van der Waals surface area contributed by atoms with Gasteiger partial charge in [-0.1, -0.05) is 25.6 Å². The van der Waals surface area contributed by atoms with Crippen molar-refractivity contribution < 1.29 is 4.74 Å². The predicted octanol–water partition coefficient (Wildman–Crippen LogP) is 3.33. The number of aromatic nitrogens is 4. The minimum Gasteiger partial charge on any atom is -0.381 e. The summed E-state index contributed by atoms with van der Waals surface area (Å²) in [6.07, 6.45) is 6.01. The van der Waals surface area contributed by atoms with Crippen LogP contribution in [0.4, 0.5) is 11.6 Å². The molecule has 2 aliphatic rings. The lowest BCUT2D eigenvalue weighted by molar-refractivity contribution is 0.0843. The van der Waals surface area contributed by atoms with Crippen molar-refractivity contribution in [3.8, 4) is 0 Å². The fourth-order valence-electron chi connectivity index (χ4n) is 3.87. The lowest BCUT2D eigenvalue weighted by Gasteiger charge is -2.36. The van der Waals surface area contributed by atoms with Crippen molar-refractivity contribution in [1.82, 2.24) is 19.9 Å². The molecule has 0 radical (unpaired) electrons. The molecule has 0 spiro atoms. The molecule has 0 aromatic carbocycles. The van der Waals surface area contributed by atoms with Gasteiger partial charge in [0.05, 0.1) is 5.69 Å². The van der Waals surface area contributed by atoms with Crippen molar-refractivity contribution >= 4 is 23.4 Å². The molecule has 2 aromatic heterocycles. The lowest BCUT2D eigenvalue weighted by Crippen LogP contribution is -2.47. The molecule has 8 heteroatoms. The molecule has 4 heterocycles. The Morgan fingerprint density at radius 2 is 1.69 bits per heavy atom. The van der Waals surface area contributed by atoms with Crippen LogP contribution in [-0.2, 0) is 4.74 Å². The monoisotopic (exact) mass is 414 g/mol. The molecule has 0 atom stereocenters. The number of thioether (sulfide) groups is 1. The number of anilines is 2. The molecule has 2 saturated heterocycles. The highest BCUT2D eigenvalue weighted by Gasteiger charge is 2.23. The third-order valence-electron chi connectivity index (χ3n) is 5.64. The van der Waals surface area contributed by atoms with E-state index in [9.17, 15) is 0 Å². The SMILES string of the molecule is CSc1nc(C2CCOCC2)cc(N2CCN(c3ccnc(C(C)C)n3)CC2)n1. The van der Waals surface area contributed by atoms with Gasteiger partial charge in [-0.05, 0) is 25.2 Å². The van der Waals surface area contributed by atoms with Crippen LogP contribution in [0, 0.1) is 0 Å². The Hall–Kier alpha value is -1.93. The van der Waals surface area contributed by atoms with Crippen molar-refractivity contribution in [1.29, 1.82) is 0 Å². The Labute approximate surface area is 177 Å². The fraction of sp³-hybridized carbons (Fsp3) is 0.619. The molecule has 156 valence electrons. The van der Waals surface area contributed by atoms with E-state index in [0.29, 0.717) is 11.8 Å². The Bertz CT molecular complexity index is 819. The van der Waals surface area contributed by atoms with Crippen LogP contribution in [0.2, 0.25) is 0 Å². The summed E-state index contributed by atoms with van der Waals surface area (Å²) in [5, 5.41) is 0.865. The molecule has 0 saturated carbocycles. The third-order valence-corrected chi connectivity index (χ3v) is 6.19. The molecule has 0 unspecified atom stereocenters. The Morgan fingerprint density at radius 1 is 1.00 bits per heavy atom. The highest BCUT2D eigenvalue weighted by molar-refractivity contribution is 7.98. The van der Waals surface area contributed by atoms with E-state index >= 15 is 0 Å². The van der Waals surface area contributed by atoms with Crippen molar-refractivity contribution in [3.63, 3.8) is 0 Å². The van der Waals surface area contributed by atoms with Gasteiger partial charge in [0.15, 0.2) is 5.16 Å². The molecule has 2 aliphatic heterocycles. The number of hydrogen-bond acceptors (Lipinski definition) is 8.